The van der Waals surface area contributed by atoms with Crippen molar-refractivity contribution in [2.75, 3.05) is 16.9 Å². The SMILES string of the molecule is CS/C(=C\C(=O)c1ccc(OCc2ccccc2)cc1)Nc1ccc(NC(C)=O)cc1. The highest BCUT2D eigenvalue weighted by Crippen LogP contribution is 2.21. The van der Waals surface area contributed by atoms with Gasteiger partial charge in [-0.1, -0.05) is 30.3 Å². The summed E-state index contributed by atoms with van der Waals surface area (Å²) in [6.45, 7) is 1.95. The van der Waals surface area contributed by atoms with E-state index in [1.54, 1.807) is 42.5 Å². The fourth-order valence-corrected chi connectivity index (χ4v) is 3.23. The van der Waals surface area contributed by atoms with Crippen LogP contribution in [0.2, 0.25) is 0 Å². The molecular weight excluding hydrogens is 408 g/mol. The number of hydrogen-bond donors (Lipinski definition) is 2. The van der Waals surface area contributed by atoms with Crippen LogP contribution in [0.15, 0.2) is 90.0 Å². The predicted octanol–water partition coefficient (Wildman–Crippen LogP) is 5.72. The molecule has 0 bridgehead atoms. The number of anilines is 2. The number of benzene rings is 3. The molecule has 3 aromatic carbocycles. The lowest BCUT2D eigenvalue weighted by Gasteiger charge is -2.10. The number of ether oxygens (including phenoxy) is 1. The highest BCUT2D eigenvalue weighted by Gasteiger charge is 2.07. The molecule has 0 unspecified atom stereocenters. The Hall–Kier alpha value is -3.51. The lowest BCUT2D eigenvalue weighted by molar-refractivity contribution is -0.114. The third kappa shape index (κ3) is 7.04. The van der Waals surface area contributed by atoms with E-state index in [-0.39, 0.29) is 11.7 Å². The summed E-state index contributed by atoms with van der Waals surface area (Å²) in [7, 11) is 0. The van der Waals surface area contributed by atoms with Gasteiger partial charge in [-0.15, -0.1) is 11.8 Å². The molecule has 0 heterocycles. The van der Waals surface area contributed by atoms with Gasteiger partial charge in [0.1, 0.15) is 12.4 Å². The summed E-state index contributed by atoms with van der Waals surface area (Å²) in [5.74, 6) is 0.501. The Morgan fingerprint density at radius 3 is 2.06 bits per heavy atom. The average Bonchev–Trinajstić information content (AvgIpc) is 2.79. The molecule has 0 saturated heterocycles. The van der Waals surface area contributed by atoms with Gasteiger partial charge in [-0.3, -0.25) is 9.59 Å². The fraction of sp³-hybridized carbons (Fsp3) is 0.120. The summed E-state index contributed by atoms with van der Waals surface area (Å²) in [5.41, 5.74) is 3.22. The molecule has 31 heavy (non-hydrogen) atoms. The number of hydrogen-bond acceptors (Lipinski definition) is 5. The highest BCUT2D eigenvalue weighted by molar-refractivity contribution is 8.02. The minimum Gasteiger partial charge on any atom is -0.489 e. The van der Waals surface area contributed by atoms with Gasteiger partial charge in [0.05, 0.1) is 5.03 Å². The second-order valence-corrected chi connectivity index (χ2v) is 7.61. The number of amides is 1. The molecule has 5 nitrogen and oxygen atoms in total. The van der Waals surface area contributed by atoms with Gasteiger partial charge in [0.2, 0.25) is 5.91 Å². The van der Waals surface area contributed by atoms with Crippen molar-refractivity contribution in [3.8, 4) is 5.75 Å². The van der Waals surface area contributed by atoms with Crippen LogP contribution in [0, 0.1) is 0 Å². The number of rotatable bonds is 9. The van der Waals surface area contributed by atoms with Crippen molar-refractivity contribution in [2.45, 2.75) is 13.5 Å². The van der Waals surface area contributed by atoms with E-state index in [1.807, 2.05) is 48.7 Å². The van der Waals surface area contributed by atoms with Gasteiger partial charge in [0.25, 0.3) is 0 Å². The third-order valence-corrected chi connectivity index (χ3v) is 5.00. The van der Waals surface area contributed by atoms with E-state index in [0.717, 1.165) is 22.0 Å². The highest BCUT2D eigenvalue weighted by atomic mass is 32.2. The number of carbonyl (C=O) groups is 2. The summed E-state index contributed by atoms with van der Waals surface area (Å²) in [6, 6.07) is 24.4. The topological polar surface area (TPSA) is 67.4 Å². The Labute approximate surface area is 186 Å². The number of nitrogens with one attached hydrogen (secondary N) is 2. The Kier molecular flexibility index (Phi) is 7.90. The molecule has 6 heteroatoms. The molecule has 3 aromatic rings. The van der Waals surface area contributed by atoms with Crippen molar-refractivity contribution >= 4 is 34.8 Å². The maximum Gasteiger partial charge on any atom is 0.221 e. The second kappa shape index (κ2) is 11.0. The Balaban J connectivity index is 1.60. The normalized spacial score (nSPS) is 11.0. The molecule has 0 aliphatic rings. The third-order valence-electron chi connectivity index (χ3n) is 4.34. The average molecular weight is 433 g/mol. The molecule has 0 atom stereocenters. The lowest BCUT2D eigenvalue weighted by Crippen LogP contribution is -2.06. The summed E-state index contributed by atoms with van der Waals surface area (Å²) in [6.07, 6.45) is 3.48. The van der Waals surface area contributed by atoms with Crippen LogP contribution < -0.4 is 15.4 Å². The molecule has 0 aliphatic carbocycles. The molecule has 0 saturated carbocycles. The Morgan fingerprint density at radius 2 is 1.48 bits per heavy atom. The van der Waals surface area contributed by atoms with Crippen LogP contribution in [0.25, 0.3) is 0 Å². The molecule has 0 aromatic heterocycles. The van der Waals surface area contributed by atoms with E-state index in [9.17, 15) is 9.59 Å². The molecular formula is C25H24N2O3S. The van der Waals surface area contributed by atoms with Crippen molar-refractivity contribution in [1.82, 2.24) is 0 Å². The summed E-state index contributed by atoms with van der Waals surface area (Å²) in [4.78, 5) is 23.8. The number of ketones is 1. The van der Waals surface area contributed by atoms with Gasteiger partial charge in [0, 0.05) is 29.9 Å². The first-order valence-corrected chi connectivity index (χ1v) is 11.0. The Morgan fingerprint density at radius 1 is 0.871 bits per heavy atom. The smallest absolute Gasteiger partial charge is 0.221 e. The molecule has 0 radical (unpaired) electrons. The first-order chi connectivity index (χ1) is 15.0. The van der Waals surface area contributed by atoms with Crippen molar-refractivity contribution in [3.63, 3.8) is 0 Å². The molecule has 3 rings (SSSR count). The van der Waals surface area contributed by atoms with E-state index in [0.29, 0.717) is 17.9 Å². The number of thioether (sulfide) groups is 1. The maximum absolute atomic E-state index is 12.7. The van der Waals surface area contributed by atoms with Gasteiger partial charge >= 0.3 is 0 Å². The largest absolute Gasteiger partial charge is 0.489 e. The molecule has 0 aliphatic heterocycles. The summed E-state index contributed by atoms with van der Waals surface area (Å²) < 4.78 is 5.77. The first kappa shape index (κ1) is 22.2. The van der Waals surface area contributed by atoms with Crippen molar-refractivity contribution in [1.29, 1.82) is 0 Å². The summed E-state index contributed by atoms with van der Waals surface area (Å²) >= 11 is 1.45. The van der Waals surface area contributed by atoms with E-state index >= 15 is 0 Å². The monoisotopic (exact) mass is 432 g/mol. The van der Waals surface area contributed by atoms with Crippen molar-refractivity contribution in [2.24, 2.45) is 0 Å². The van der Waals surface area contributed by atoms with Gasteiger partial charge in [0.15, 0.2) is 5.78 Å². The summed E-state index contributed by atoms with van der Waals surface area (Å²) in [5, 5.41) is 6.67. The van der Waals surface area contributed by atoms with Crippen LogP contribution in [-0.2, 0) is 11.4 Å². The minimum atomic E-state index is -0.118. The van der Waals surface area contributed by atoms with Gasteiger partial charge in [-0.05, 0) is 60.4 Å². The van der Waals surface area contributed by atoms with Gasteiger partial charge < -0.3 is 15.4 Å². The van der Waals surface area contributed by atoms with Crippen LogP contribution in [0.4, 0.5) is 11.4 Å². The van der Waals surface area contributed by atoms with Crippen LogP contribution in [0.3, 0.4) is 0 Å². The molecule has 2 N–H and O–H groups in total. The van der Waals surface area contributed by atoms with Gasteiger partial charge in [-0.25, -0.2) is 0 Å². The maximum atomic E-state index is 12.7. The zero-order valence-electron chi connectivity index (χ0n) is 17.4. The minimum absolute atomic E-state index is 0.0960. The number of carbonyl (C=O) groups excluding carboxylic acids is 2. The molecule has 0 fully saturated rings. The lowest BCUT2D eigenvalue weighted by atomic mass is 10.1. The molecule has 0 spiro atoms. The van der Waals surface area contributed by atoms with Crippen LogP contribution >= 0.6 is 11.8 Å². The standard InChI is InChI=1S/C25H24N2O3S/c1-18(28)26-21-10-12-22(13-11-21)27-25(31-2)16-24(29)20-8-14-23(15-9-20)30-17-19-6-4-3-5-7-19/h3-16,27H,17H2,1-2H3,(H,26,28)/b25-16-. The predicted molar refractivity (Wildman–Crippen MR) is 128 cm³/mol. The molecule has 1 amide bonds. The van der Waals surface area contributed by atoms with E-state index < -0.39 is 0 Å². The zero-order valence-corrected chi connectivity index (χ0v) is 18.2. The Bertz CT molecular complexity index is 1050. The van der Waals surface area contributed by atoms with Gasteiger partial charge in [-0.2, -0.15) is 0 Å². The zero-order chi connectivity index (χ0) is 22.1. The van der Waals surface area contributed by atoms with Crippen LogP contribution in [0.1, 0.15) is 22.8 Å². The van der Waals surface area contributed by atoms with E-state index in [2.05, 4.69) is 10.6 Å². The molecule has 158 valence electrons. The van der Waals surface area contributed by atoms with E-state index in [1.165, 1.54) is 18.7 Å². The number of allylic oxidation sites excluding steroid dienone is 1. The van der Waals surface area contributed by atoms with Crippen LogP contribution in [0.5, 0.6) is 5.75 Å². The van der Waals surface area contributed by atoms with E-state index in [4.69, 9.17) is 4.74 Å². The quantitative estimate of drug-likeness (QED) is 0.334. The fourth-order valence-electron chi connectivity index (χ4n) is 2.79. The second-order valence-electron chi connectivity index (χ2n) is 6.76. The van der Waals surface area contributed by atoms with Crippen LogP contribution in [-0.4, -0.2) is 17.9 Å². The van der Waals surface area contributed by atoms with Crippen molar-refractivity contribution < 1.29 is 14.3 Å². The first-order valence-electron chi connectivity index (χ1n) is 9.75. The van der Waals surface area contributed by atoms with Crippen molar-refractivity contribution in [3.05, 3.63) is 101 Å².